The maximum atomic E-state index is 13.2. The molecule has 6 heteroatoms. The van der Waals surface area contributed by atoms with Gasteiger partial charge in [0, 0.05) is 6.42 Å². The third kappa shape index (κ3) is 45.6. The van der Waals surface area contributed by atoms with Gasteiger partial charge in [0.1, 0.15) is 6.10 Å². The first-order valence-electron chi connectivity index (χ1n) is 26.8. The molecule has 0 aromatic heterocycles. The predicted molar refractivity (Wildman–Crippen MR) is 278 cm³/mol. The summed E-state index contributed by atoms with van der Waals surface area (Å²) >= 11 is 0. The molecule has 0 saturated heterocycles. The Hall–Kier alpha value is -2.96. The number of hydrogen-bond donors (Lipinski definition) is 3. The van der Waals surface area contributed by atoms with Crippen LogP contribution in [0.15, 0.2) is 85.1 Å². The van der Waals surface area contributed by atoms with E-state index >= 15 is 0 Å². The third-order valence-corrected chi connectivity index (χ3v) is 11.7. The average Bonchev–Trinajstić information content (AvgIpc) is 3.29. The number of aliphatic hydroxyl groups excluding tert-OH is 2. The summed E-state index contributed by atoms with van der Waals surface area (Å²) in [6.45, 7) is 6.25. The fraction of sp³-hybridized carbons (Fsp3) is 0.724. The van der Waals surface area contributed by atoms with Gasteiger partial charge in [-0.05, 0) is 83.5 Å². The van der Waals surface area contributed by atoms with Crippen molar-refractivity contribution < 1.29 is 24.5 Å². The summed E-state index contributed by atoms with van der Waals surface area (Å²) < 4.78 is 5.88. The Balaban J connectivity index is 4.62. The lowest BCUT2D eigenvalue weighted by molar-refractivity contribution is -0.150. The molecule has 0 fully saturated rings. The lowest BCUT2D eigenvalue weighted by Gasteiger charge is -2.24. The molecule has 0 aliphatic carbocycles. The smallest absolute Gasteiger partial charge is 0.306 e. The van der Waals surface area contributed by atoms with E-state index in [1.54, 1.807) is 0 Å². The van der Waals surface area contributed by atoms with E-state index in [1.807, 2.05) is 6.08 Å². The largest absolute Gasteiger partial charge is 0.462 e. The first-order valence-corrected chi connectivity index (χ1v) is 26.8. The molecule has 0 spiro atoms. The van der Waals surface area contributed by atoms with Gasteiger partial charge in [-0.3, -0.25) is 9.59 Å². The van der Waals surface area contributed by atoms with Gasteiger partial charge in [-0.1, -0.05) is 234 Å². The monoisotopic (exact) mass is 892 g/mol. The second-order valence-corrected chi connectivity index (χ2v) is 17.9. The number of rotatable bonds is 47. The molecule has 0 aromatic carbocycles. The van der Waals surface area contributed by atoms with Gasteiger partial charge in [0.15, 0.2) is 0 Å². The Morgan fingerprint density at radius 2 is 0.844 bits per heavy atom. The molecule has 0 saturated carbocycles. The molecule has 0 rings (SSSR count). The van der Waals surface area contributed by atoms with E-state index in [2.05, 4.69) is 105 Å². The summed E-state index contributed by atoms with van der Waals surface area (Å²) in [6.07, 6.45) is 66.6. The molecule has 3 N–H and O–H groups in total. The minimum Gasteiger partial charge on any atom is -0.462 e. The van der Waals surface area contributed by atoms with Gasteiger partial charge in [0.05, 0.1) is 25.2 Å². The van der Waals surface area contributed by atoms with Gasteiger partial charge in [0.25, 0.3) is 0 Å². The molecule has 0 aromatic rings. The minimum atomic E-state index is -0.808. The third-order valence-electron chi connectivity index (χ3n) is 11.7. The SMILES string of the molecule is CC/C=C/C/C=C/C/C=C/C/C=C/C/C=C/CCC(=O)OC(CCCCCCC/C=C/C/C=C/CC)CC(=O)NC(CO)C(O)CCCCCCCCCCCCCCCCCCC. The number of hydrogen-bond acceptors (Lipinski definition) is 5. The van der Waals surface area contributed by atoms with Crippen LogP contribution in [-0.4, -0.2) is 46.9 Å². The second-order valence-electron chi connectivity index (χ2n) is 17.9. The molecule has 0 aliphatic rings. The van der Waals surface area contributed by atoms with Crippen molar-refractivity contribution in [1.82, 2.24) is 5.32 Å². The Morgan fingerprint density at radius 3 is 1.28 bits per heavy atom. The zero-order valence-corrected chi connectivity index (χ0v) is 41.9. The normalized spacial score (nSPS) is 13.9. The van der Waals surface area contributed by atoms with Gasteiger partial charge in [0.2, 0.25) is 5.91 Å². The van der Waals surface area contributed by atoms with Crippen molar-refractivity contribution in [2.24, 2.45) is 0 Å². The highest BCUT2D eigenvalue weighted by Gasteiger charge is 2.24. The molecule has 0 heterocycles. The number of unbranched alkanes of at least 4 members (excludes halogenated alkanes) is 21. The van der Waals surface area contributed by atoms with Crippen molar-refractivity contribution in [3.8, 4) is 0 Å². The molecule has 1 amide bonds. The van der Waals surface area contributed by atoms with E-state index in [1.165, 1.54) is 89.9 Å². The summed E-state index contributed by atoms with van der Waals surface area (Å²) in [5.74, 6) is -0.589. The number of esters is 1. The zero-order chi connectivity index (χ0) is 46.7. The molecular weight excluding hydrogens is 791 g/mol. The highest BCUT2D eigenvalue weighted by Crippen LogP contribution is 2.17. The highest BCUT2D eigenvalue weighted by molar-refractivity contribution is 5.77. The van der Waals surface area contributed by atoms with Crippen LogP contribution in [-0.2, 0) is 14.3 Å². The number of amides is 1. The molecule has 3 unspecified atom stereocenters. The lowest BCUT2D eigenvalue weighted by atomic mass is 10.0. The Bertz CT molecular complexity index is 1230. The van der Waals surface area contributed by atoms with Gasteiger partial charge in [-0.25, -0.2) is 0 Å². The minimum absolute atomic E-state index is 0.0347. The van der Waals surface area contributed by atoms with Crippen LogP contribution in [0, 0.1) is 0 Å². The lowest BCUT2D eigenvalue weighted by Crippen LogP contribution is -2.46. The van der Waals surface area contributed by atoms with Gasteiger partial charge in [-0.15, -0.1) is 0 Å². The quantitative estimate of drug-likeness (QED) is 0.0321. The summed E-state index contributed by atoms with van der Waals surface area (Å²) in [5.41, 5.74) is 0. The van der Waals surface area contributed by atoms with Crippen LogP contribution in [0.4, 0.5) is 0 Å². The Kier molecular flexibility index (Phi) is 48.7. The van der Waals surface area contributed by atoms with E-state index in [-0.39, 0.29) is 31.3 Å². The van der Waals surface area contributed by atoms with Crippen molar-refractivity contribution >= 4 is 11.9 Å². The van der Waals surface area contributed by atoms with Crippen LogP contribution in [0.1, 0.15) is 245 Å². The first-order chi connectivity index (χ1) is 31.5. The fourth-order valence-electron chi connectivity index (χ4n) is 7.75. The van der Waals surface area contributed by atoms with Crippen molar-refractivity contribution in [2.45, 2.75) is 264 Å². The number of carbonyl (C=O) groups is 2. The standard InChI is InChI=1S/C58H101NO5/c1-4-7-10-13-16-19-22-25-27-29-30-32-35-38-41-44-47-50-56(61)55(53-60)59-57(62)52-54(49-46-43-40-37-34-24-21-18-15-12-9-6-3)64-58(63)51-48-45-42-39-36-33-31-28-26-23-20-17-14-11-8-5-2/h8-9,11-12,17-18,20-21,26,28,33,36,42,45,54-56,60-61H,4-7,10,13-16,19,22-25,27,29-32,34-35,37-41,43-44,46-53H2,1-3H3,(H,59,62)/b11-8+,12-9+,20-17+,21-18+,28-26+,36-33+,45-42+. The number of ether oxygens (including phenoxy) is 1. The molecule has 0 aliphatic heterocycles. The summed E-state index contributed by atoms with van der Waals surface area (Å²) in [4.78, 5) is 26.1. The van der Waals surface area contributed by atoms with Crippen LogP contribution >= 0.6 is 0 Å². The van der Waals surface area contributed by atoms with Gasteiger partial charge < -0.3 is 20.3 Å². The van der Waals surface area contributed by atoms with Crippen LogP contribution in [0.5, 0.6) is 0 Å². The predicted octanol–water partition coefficient (Wildman–Crippen LogP) is 16.3. The molecule has 3 atom stereocenters. The van der Waals surface area contributed by atoms with Gasteiger partial charge in [-0.2, -0.15) is 0 Å². The maximum absolute atomic E-state index is 13.2. The van der Waals surface area contributed by atoms with Gasteiger partial charge >= 0.3 is 5.97 Å². The van der Waals surface area contributed by atoms with Crippen LogP contribution in [0.2, 0.25) is 0 Å². The fourth-order valence-corrected chi connectivity index (χ4v) is 7.75. The molecule has 64 heavy (non-hydrogen) atoms. The molecular formula is C58H101NO5. The number of carbonyl (C=O) groups excluding carboxylic acids is 2. The first kappa shape index (κ1) is 61.0. The zero-order valence-electron chi connectivity index (χ0n) is 41.9. The summed E-state index contributed by atoms with van der Waals surface area (Å²) in [6, 6.07) is -0.725. The van der Waals surface area contributed by atoms with Crippen molar-refractivity contribution in [3.63, 3.8) is 0 Å². The van der Waals surface area contributed by atoms with Crippen molar-refractivity contribution in [3.05, 3.63) is 85.1 Å². The van der Waals surface area contributed by atoms with E-state index < -0.39 is 18.2 Å². The molecule has 0 radical (unpaired) electrons. The van der Waals surface area contributed by atoms with Crippen molar-refractivity contribution in [1.29, 1.82) is 0 Å². The van der Waals surface area contributed by atoms with E-state index in [4.69, 9.17) is 4.74 Å². The maximum Gasteiger partial charge on any atom is 0.306 e. The Morgan fingerprint density at radius 1 is 0.469 bits per heavy atom. The Labute approximate surface area is 395 Å². The van der Waals surface area contributed by atoms with Crippen LogP contribution in [0.25, 0.3) is 0 Å². The number of nitrogens with one attached hydrogen (secondary N) is 1. The second kappa shape index (κ2) is 51.0. The van der Waals surface area contributed by atoms with Crippen LogP contribution < -0.4 is 5.32 Å². The number of allylic oxidation sites excluding steroid dienone is 14. The molecule has 368 valence electrons. The van der Waals surface area contributed by atoms with E-state index in [9.17, 15) is 19.8 Å². The van der Waals surface area contributed by atoms with Crippen molar-refractivity contribution in [2.75, 3.05) is 6.61 Å². The molecule has 0 bridgehead atoms. The van der Waals surface area contributed by atoms with E-state index in [0.717, 1.165) is 103 Å². The highest BCUT2D eigenvalue weighted by atomic mass is 16.5. The molecule has 6 nitrogen and oxygen atoms in total. The summed E-state index contributed by atoms with van der Waals surface area (Å²) in [7, 11) is 0. The van der Waals surface area contributed by atoms with E-state index in [0.29, 0.717) is 19.3 Å². The van der Waals surface area contributed by atoms with Crippen LogP contribution in [0.3, 0.4) is 0 Å². The average molecular weight is 892 g/mol. The topological polar surface area (TPSA) is 95.9 Å². The number of aliphatic hydroxyl groups is 2. The summed E-state index contributed by atoms with van der Waals surface area (Å²) in [5, 5.41) is 23.8.